The molecule has 3 rings (SSSR count). The molecule has 0 amide bonds. The van der Waals surface area contributed by atoms with Gasteiger partial charge in [0.1, 0.15) is 11.6 Å². The number of fused-ring (bicyclic) bond motifs is 1. The zero-order valence-electron chi connectivity index (χ0n) is 12.0. The molecule has 106 valence electrons. The van der Waals surface area contributed by atoms with Gasteiger partial charge in [-0.15, -0.1) is 0 Å². The summed E-state index contributed by atoms with van der Waals surface area (Å²) in [5.41, 5.74) is 4.37. The van der Waals surface area contributed by atoms with Gasteiger partial charge in [-0.05, 0) is 31.0 Å². The van der Waals surface area contributed by atoms with E-state index in [1.807, 2.05) is 13.0 Å². The van der Waals surface area contributed by atoms with Gasteiger partial charge in [-0.3, -0.25) is 4.57 Å². The summed E-state index contributed by atoms with van der Waals surface area (Å²) in [4.78, 5) is 4.77. The highest BCUT2D eigenvalue weighted by atomic mass is 19.1. The van der Waals surface area contributed by atoms with Crippen LogP contribution in [0.4, 0.5) is 4.39 Å². The van der Waals surface area contributed by atoms with E-state index in [4.69, 9.17) is 4.98 Å². The third-order valence-electron chi connectivity index (χ3n) is 3.84. The van der Waals surface area contributed by atoms with Crippen LogP contribution < -0.4 is 5.32 Å². The maximum absolute atomic E-state index is 13.6. The number of imidazole rings is 1. The highest BCUT2D eigenvalue weighted by molar-refractivity contribution is 5.45. The van der Waals surface area contributed by atoms with Crippen molar-refractivity contribution in [3.8, 4) is 5.69 Å². The molecule has 3 nitrogen and oxygen atoms in total. The molecule has 20 heavy (non-hydrogen) atoms. The first-order valence-corrected chi connectivity index (χ1v) is 7.27. The van der Waals surface area contributed by atoms with Crippen LogP contribution in [0, 0.1) is 12.7 Å². The summed E-state index contributed by atoms with van der Waals surface area (Å²) in [6, 6.07) is 4.98. The van der Waals surface area contributed by atoms with Crippen molar-refractivity contribution in [2.75, 3.05) is 6.54 Å². The van der Waals surface area contributed by atoms with Crippen molar-refractivity contribution in [2.24, 2.45) is 0 Å². The number of aryl methyl sites for hydroxylation is 2. The van der Waals surface area contributed by atoms with Crippen LogP contribution in [0.1, 0.15) is 36.1 Å². The number of halogens is 1. The Kier molecular flexibility index (Phi) is 3.57. The first-order chi connectivity index (χ1) is 9.70. The maximum atomic E-state index is 13.6. The number of nitrogens with one attached hydrogen (secondary N) is 1. The van der Waals surface area contributed by atoms with E-state index in [9.17, 15) is 4.39 Å². The van der Waals surface area contributed by atoms with E-state index in [2.05, 4.69) is 16.8 Å². The Bertz CT molecular complexity index is 631. The van der Waals surface area contributed by atoms with E-state index >= 15 is 0 Å². The molecule has 0 radical (unpaired) electrons. The molecule has 0 spiro atoms. The lowest BCUT2D eigenvalue weighted by Gasteiger charge is -2.18. The van der Waals surface area contributed by atoms with Gasteiger partial charge in [0.05, 0.1) is 11.4 Å². The minimum absolute atomic E-state index is 0.190. The summed E-state index contributed by atoms with van der Waals surface area (Å²) in [5.74, 6) is 0.860. The highest BCUT2D eigenvalue weighted by Gasteiger charge is 2.21. The van der Waals surface area contributed by atoms with E-state index in [0.29, 0.717) is 0 Å². The Morgan fingerprint density at radius 3 is 3.05 bits per heavy atom. The number of nitrogens with zero attached hydrogens (tertiary/aromatic N) is 2. The van der Waals surface area contributed by atoms with Crippen molar-refractivity contribution in [3.05, 3.63) is 46.8 Å². The third-order valence-corrected chi connectivity index (χ3v) is 3.84. The van der Waals surface area contributed by atoms with Gasteiger partial charge in [0.15, 0.2) is 0 Å². The van der Waals surface area contributed by atoms with Crippen molar-refractivity contribution in [1.82, 2.24) is 14.9 Å². The minimum atomic E-state index is -0.190. The van der Waals surface area contributed by atoms with E-state index in [-0.39, 0.29) is 5.82 Å². The average Bonchev–Trinajstić information content (AvgIpc) is 2.80. The number of benzene rings is 1. The molecular weight excluding hydrogens is 253 g/mol. The van der Waals surface area contributed by atoms with Crippen molar-refractivity contribution in [2.45, 2.75) is 39.7 Å². The second-order valence-corrected chi connectivity index (χ2v) is 5.36. The van der Waals surface area contributed by atoms with Crippen LogP contribution in [0.2, 0.25) is 0 Å². The Balaban J connectivity index is 2.20. The summed E-state index contributed by atoms with van der Waals surface area (Å²) in [6.45, 7) is 5.94. The molecule has 0 aliphatic carbocycles. The minimum Gasteiger partial charge on any atom is -0.311 e. The van der Waals surface area contributed by atoms with Crippen molar-refractivity contribution < 1.29 is 4.39 Å². The fourth-order valence-corrected chi connectivity index (χ4v) is 2.87. The van der Waals surface area contributed by atoms with Crippen LogP contribution in [0.3, 0.4) is 0 Å². The Morgan fingerprint density at radius 1 is 1.40 bits per heavy atom. The molecule has 1 aromatic carbocycles. The van der Waals surface area contributed by atoms with E-state index < -0.39 is 0 Å². The van der Waals surface area contributed by atoms with Crippen LogP contribution in [0.5, 0.6) is 0 Å². The van der Waals surface area contributed by atoms with Crippen LogP contribution in [0.15, 0.2) is 18.2 Å². The van der Waals surface area contributed by atoms with Gasteiger partial charge in [-0.1, -0.05) is 13.0 Å². The van der Waals surface area contributed by atoms with Gasteiger partial charge in [-0.25, -0.2) is 9.37 Å². The molecule has 4 heteroatoms. The number of hydrogen-bond acceptors (Lipinski definition) is 2. The second-order valence-electron chi connectivity index (χ2n) is 5.36. The zero-order chi connectivity index (χ0) is 14.1. The summed E-state index contributed by atoms with van der Waals surface area (Å²) in [5, 5.41) is 3.35. The molecule has 1 aromatic heterocycles. The number of rotatable bonds is 3. The number of aromatic nitrogens is 2. The lowest BCUT2D eigenvalue weighted by molar-refractivity contribution is 0.614. The molecule has 2 aromatic rings. The van der Waals surface area contributed by atoms with Crippen LogP contribution in [0.25, 0.3) is 5.69 Å². The first-order valence-electron chi connectivity index (χ1n) is 7.27. The summed E-state index contributed by atoms with van der Waals surface area (Å²) in [6.07, 6.45) is 2.91. The predicted molar refractivity (Wildman–Crippen MR) is 77.7 cm³/mol. The van der Waals surface area contributed by atoms with E-state index in [1.165, 1.54) is 11.8 Å². The number of hydrogen-bond donors (Lipinski definition) is 1. The second kappa shape index (κ2) is 5.37. The SMILES string of the molecule is CCCc1nc2c(n1-c1cc(F)ccc1C)CCNC2. The van der Waals surface area contributed by atoms with Gasteiger partial charge in [0.2, 0.25) is 0 Å². The van der Waals surface area contributed by atoms with Gasteiger partial charge in [0, 0.05) is 31.6 Å². The maximum Gasteiger partial charge on any atom is 0.125 e. The first kappa shape index (κ1) is 13.3. The molecule has 0 unspecified atom stereocenters. The normalized spacial score (nSPS) is 14.3. The molecule has 1 N–H and O–H groups in total. The average molecular weight is 273 g/mol. The molecule has 2 heterocycles. The van der Waals surface area contributed by atoms with Crippen molar-refractivity contribution in [3.63, 3.8) is 0 Å². The molecule has 0 fully saturated rings. The highest BCUT2D eigenvalue weighted by Crippen LogP contribution is 2.25. The Labute approximate surface area is 118 Å². The monoisotopic (exact) mass is 273 g/mol. The van der Waals surface area contributed by atoms with Gasteiger partial charge < -0.3 is 5.32 Å². The molecule has 0 saturated heterocycles. The Hall–Kier alpha value is -1.68. The lowest BCUT2D eigenvalue weighted by atomic mass is 10.1. The molecule has 1 aliphatic rings. The lowest BCUT2D eigenvalue weighted by Crippen LogP contribution is -2.25. The largest absolute Gasteiger partial charge is 0.311 e. The summed E-state index contributed by atoms with van der Waals surface area (Å²) in [7, 11) is 0. The summed E-state index contributed by atoms with van der Waals surface area (Å²) >= 11 is 0. The van der Waals surface area contributed by atoms with Crippen LogP contribution >= 0.6 is 0 Å². The van der Waals surface area contributed by atoms with Gasteiger partial charge >= 0.3 is 0 Å². The standard InChI is InChI=1S/C16H20FN3/c1-3-4-16-19-13-10-18-8-7-14(13)20(16)15-9-12(17)6-5-11(15)2/h5-6,9,18H,3-4,7-8,10H2,1-2H3. The van der Waals surface area contributed by atoms with Crippen LogP contribution in [-0.4, -0.2) is 16.1 Å². The Morgan fingerprint density at radius 2 is 2.25 bits per heavy atom. The summed E-state index contributed by atoms with van der Waals surface area (Å²) < 4.78 is 15.8. The van der Waals surface area contributed by atoms with Gasteiger partial charge in [0.25, 0.3) is 0 Å². The van der Waals surface area contributed by atoms with Crippen molar-refractivity contribution >= 4 is 0 Å². The molecule has 1 aliphatic heterocycles. The molecule has 0 saturated carbocycles. The fourth-order valence-electron chi connectivity index (χ4n) is 2.87. The topological polar surface area (TPSA) is 29.9 Å². The molecular formula is C16H20FN3. The van der Waals surface area contributed by atoms with E-state index in [0.717, 1.165) is 55.1 Å². The van der Waals surface area contributed by atoms with Crippen molar-refractivity contribution in [1.29, 1.82) is 0 Å². The van der Waals surface area contributed by atoms with Crippen LogP contribution in [-0.2, 0) is 19.4 Å². The zero-order valence-corrected chi connectivity index (χ0v) is 12.0. The quantitative estimate of drug-likeness (QED) is 0.932. The third kappa shape index (κ3) is 2.24. The predicted octanol–water partition coefficient (Wildman–Crippen LogP) is 2.92. The van der Waals surface area contributed by atoms with Gasteiger partial charge in [-0.2, -0.15) is 0 Å². The fraction of sp³-hybridized carbons (Fsp3) is 0.438. The molecule has 0 bridgehead atoms. The smallest absolute Gasteiger partial charge is 0.125 e. The molecule has 0 atom stereocenters. The van der Waals surface area contributed by atoms with E-state index in [1.54, 1.807) is 6.07 Å².